The van der Waals surface area contributed by atoms with Crippen LogP contribution in [0.2, 0.25) is 0 Å². The van der Waals surface area contributed by atoms with E-state index in [-0.39, 0.29) is 22.8 Å². The molecular weight excluding hydrogens is 318 g/mol. The molecule has 2 aromatic heterocycles. The minimum Gasteiger partial charge on any atom is -1.00 e. The summed E-state index contributed by atoms with van der Waals surface area (Å²) in [4.78, 5) is 16.7. The fraction of sp³-hybridized carbons (Fsp3) is 0.133. The fourth-order valence-corrected chi connectivity index (χ4v) is 2.17. The Bertz CT molecular complexity index is 737. The summed E-state index contributed by atoms with van der Waals surface area (Å²) < 4.78 is 3.70. The number of pyridine rings is 1. The maximum atomic E-state index is 12.3. The summed E-state index contributed by atoms with van der Waals surface area (Å²) in [7, 11) is 1.87. The molecule has 3 aromatic rings. The van der Waals surface area contributed by atoms with Gasteiger partial charge in [0.15, 0.2) is 18.2 Å². The number of hydrogen-bond donors (Lipinski definition) is 0. The van der Waals surface area contributed by atoms with Gasteiger partial charge in [-0.1, -0.05) is 18.2 Å². The number of fused-ring (bicyclic) bond motifs is 1. The number of hydrogen-bond acceptors (Lipinski definition) is 2. The van der Waals surface area contributed by atoms with E-state index in [9.17, 15) is 4.79 Å². The molecule has 0 aliphatic rings. The van der Waals surface area contributed by atoms with Gasteiger partial charge >= 0.3 is 0 Å². The number of rotatable bonds is 3. The van der Waals surface area contributed by atoms with Crippen molar-refractivity contribution in [2.24, 2.45) is 7.05 Å². The highest BCUT2D eigenvalue weighted by Gasteiger charge is 2.18. The normalized spacial score (nSPS) is 10.2. The van der Waals surface area contributed by atoms with Crippen molar-refractivity contribution in [2.75, 3.05) is 0 Å². The molecule has 5 heteroatoms. The van der Waals surface area contributed by atoms with Gasteiger partial charge in [0.05, 0.1) is 11.0 Å². The summed E-state index contributed by atoms with van der Waals surface area (Å²) >= 11 is 0. The number of aryl methyl sites for hydroxylation is 1. The Morgan fingerprint density at radius 2 is 1.85 bits per heavy atom. The lowest BCUT2D eigenvalue weighted by atomic mass is 10.3. The van der Waals surface area contributed by atoms with E-state index >= 15 is 0 Å². The first-order valence-electron chi connectivity index (χ1n) is 6.14. The number of carbonyl (C=O) groups is 1. The van der Waals surface area contributed by atoms with Crippen LogP contribution in [-0.2, 0) is 13.6 Å². The number of imidazole rings is 1. The monoisotopic (exact) mass is 331 g/mol. The minimum absolute atomic E-state index is 0. The van der Waals surface area contributed by atoms with Crippen molar-refractivity contribution in [3.63, 3.8) is 0 Å². The second kappa shape index (κ2) is 5.96. The Kier molecular flexibility index (Phi) is 4.29. The van der Waals surface area contributed by atoms with Crippen molar-refractivity contribution in [3.05, 3.63) is 60.7 Å². The SMILES string of the molecule is Cn1c(C(=O)C[n+]2ccccc2)nc2ccccc21.[Br-]. The van der Waals surface area contributed by atoms with E-state index in [1.807, 2.05) is 71.0 Å². The van der Waals surface area contributed by atoms with Crippen LogP contribution in [0.4, 0.5) is 0 Å². The smallest absolute Gasteiger partial charge is 0.262 e. The second-order valence-electron chi connectivity index (χ2n) is 4.45. The maximum Gasteiger partial charge on any atom is 0.262 e. The van der Waals surface area contributed by atoms with Gasteiger partial charge in [-0.3, -0.25) is 4.79 Å². The lowest BCUT2D eigenvalue weighted by Gasteiger charge is -1.99. The summed E-state index contributed by atoms with van der Waals surface area (Å²) in [6, 6.07) is 13.5. The first-order valence-corrected chi connectivity index (χ1v) is 6.14. The van der Waals surface area contributed by atoms with E-state index in [2.05, 4.69) is 4.98 Å². The van der Waals surface area contributed by atoms with Gasteiger partial charge in [0.25, 0.3) is 5.78 Å². The van der Waals surface area contributed by atoms with Crippen molar-refractivity contribution in [1.29, 1.82) is 0 Å². The summed E-state index contributed by atoms with van der Waals surface area (Å²) in [5.74, 6) is 0.507. The molecule has 0 aliphatic carbocycles. The average molecular weight is 332 g/mol. The molecule has 1 aromatic carbocycles. The molecular formula is C15H14BrN3O. The van der Waals surface area contributed by atoms with Crippen LogP contribution < -0.4 is 21.5 Å². The summed E-state index contributed by atoms with van der Waals surface area (Å²) in [5.41, 5.74) is 1.83. The van der Waals surface area contributed by atoms with Crippen LogP contribution in [-0.4, -0.2) is 15.3 Å². The lowest BCUT2D eigenvalue weighted by Crippen LogP contribution is -3.00. The molecule has 0 saturated carbocycles. The molecule has 0 N–H and O–H groups in total. The van der Waals surface area contributed by atoms with Gasteiger partial charge < -0.3 is 21.5 Å². The largest absolute Gasteiger partial charge is 1.00 e. The highest BCUT2D eigenvalue weighted by molar-refractivity contribution is 5.95. The molecule has 0 spiro atoms. The Hall–Kier alpha value is -2.01. The number of aromatic nitrogens is 3. The molecule has 0 atom stereocenters. The van der Waals surface area contributed by atoms with E-state index in [0.29, 0.717) is 12.4 Å². The highest BCUT2D eigenvalue weighted by atomic mass is 79.9. The van der Waals surface area contributed by atoms with Crippen LogP contribution in [0, 0.1) is 0 Å². The number of nitrogens with zero attached hydrogens (tertiary/aromatic N) is 3. The molecule has 0 unspecified atom stereocenters. The van der Waals surface area contributed by atoms with Crippen molar-refractivity contribution >= 4 is 16.8 Å². The average Bonchev–Trinajstić information content (AvgIpc) is 2.78. The zero-order valence-electron chi connectivity index (χ0n) is 11.0. The first-order chi connectivity index (χ1) is 9.25. The van der Waals surface area contributed by atoms with Crippen molar-refractivity contribution in [3.8, 4) is 0 Å². The molecule has 0 amide bonds. The summed E-state index contributed by atoms with van der Waals surface area (Å²) in [6.45, 7) is 0.304. The van der Waals surface area contributed by atoms with E-state index < -0.39 is 0 Å². The second-order valence-corrected chi connectivity index (χ2v) is 4.45. The van der Waals surface area contributed by atoms with E-state index in [0.717, 1.165) is 11.0 Å². The molecule has 20 heavy (non-hydrogen) atoms. The summed E-state index contributed by atoms with van der Waals surface area (Å²) in [5, 5.41) is 0. The van der Waals surface area contributed by atoms with Crippen molar-refractivity contribution in [2.45, 2.75) is 6.54 Å². The Balaban J connectivity index is 0.00000147. The lowest BCUT2D eigenvalue weighted by molar-refractivity contribution is -0.683. The number of carbonyl (C=O) groups excluding carboxylic acids is 1. The molecule has 0 saturated heterocycles. The first kappa shape index (κ1) is 14.4. The fourth-order valence-electron chi connectivity index (χ4n) is 2.17. The zero-order chi connectivity index (χ0) is 13.2. The van der Waals surface area contributed by atoms with Crippen LogP contribution in [0.5, 0.6) is 0 Å². The van der Waals surface area contributed by atoms with Crippen LogP contribution in [0.15, 0.2) is 54.9 Å². The van der Waals surface area contributed by atoms with Gasteiger partial charge in [0.1, 0.15) is 0 Å². The molecule has 0 bridgehead atoms. The number of para-hydroxylation sites is 2. The van der Waals surface area contributed by atoms with Gasteiger partial charge in [-0.15, -0.1) is 0 Å². The topological polar surface area (TPSA) is 38.8 Å². The molecule has 2 heterocycles. The standard InChI is InChI=1S/C15H14N3O.BrH/c1-17-13-8-4-3-7-12(13)16-15(17)14(19)11-18-9-5-2-6-10-18;/h2-10H,11H2,1H3;1H/q+1;/p-1. The predicted molar refractivity (Wildman–Crippen MR) is 71.7 cm³/mol. The van der Waals surface area contributed by atoms with Gasteiger partial charge in [-0.05, 0) is 12.1 Å². The van der Waals surface area contributed by atoms with Crippen molar-refractivity contribution < 1.29 is 26.3 Å². The third-order valence-electron chi connectivity index (χ3n) is 3.14. The zero-order valence-corrected chi connectivity index (χ0v) is 12.6. The Morgan fingerprint density at radius 3 is 2.55 bits per heavy atom. The summed E-state index contributed by atoms with van der Waals surface area (Å²) in [6.07, 6.45) is 3.75. The number of Topliss-reactive ketones (excluding diaryl/α,β-unsaturated/α-hetero) is 1. The third kappa shape index (κ3) is 2.63. The minimum atomic E-state index is 0. The molecule has 102 valence electrons. The predicted octanol–water partition coefficient (Wildman–Crippen LogP) is -1.25. The highest BCUT2D eigenvalue weighted by Crippen LogP contribution is 2.14. The number of halogens is 1. The van der Waals surface area contributed by atoms with Gasteiger partial charge in [-0.25, -0.2) is 4.98 Å². The van der Waals surface area contributed by atoms with Crippen LogP contribution in [0.1, 0.15) is 10.6 Å². The Labute approximate surface area is 127 Å². The van der Waals surface area contributed by atoms with Gasteiger partial charge in [0.2, 0.25) is 6.54 Å². The quantitative estimate of drug-likeness (QED) is 0.444. The van der Waals surface area contributed by atoms with Crippen LogP contribution in [0.3, 0.4) is 0 Å². The number of benzene rings is 1. The number of ketones is 1. The maximum absolute atomic E-state index is 12.3. The van der Waals surface area contributed by atoms with Crippen LogP contribution in [0.25, 0.3) is 11.0 Å². The van der Waals surface area contributed by atoms with E-state index in [1.54, 1.807) is 0 Å². The third-order valence-corrected chi connectivity index (χ3v) is 3.14. The van der Waals surface area contributed by atoms with Crippen LogP contribution >= 0.6 is 0 Å². The van der Waals surface area contributed by atoms with Crippen molar-refractivity contribution in [1.82, 2.24) is 9.55 Å². The van der Waals surface area contributed by atoms with Gasteiger partial charge in [0, 0.05) is 19.2 Å². The molecule has 4 nitrogen and oxygen atoms in total. The van der Waals surface area contributed by atoms with Gasteiger partial charge in [-0.2, -0.15) is 4.57 Å². The van der Waals surface area contributed by atoms with E-state index in [4.69, 9.17) is 0 Å². The Morgan fingerprint density at radius 1 is 1.15 bits per heavy atom. The molecule has 0 radical (unpaired) electrons. The van der Waals surface area contributed by atoms with E-state index in [1.165, 1.54) is 0 Å². The molecule has 0 aliphatic heterocycles. The molecule has 3 rings (SSSR count). The molecule has 0 fully saturated rings.